The molecule has 0 spiro atoms. The summed E-state index contributed by atoms with van der Waals surface area (Å²) < 4.78 is 1.03. The Balaban J connectivity index is 1.93. The van der Waals surface area contributed by atoms with Crippen molar-refractivity contribution in [2.45, 2.75) is 13.5 Å². The molecule has 0 saturated carbocycles. The second kappa shape index (κ2) is 8.04. The van der Waals surface area contributed by atoms with Crippen molar-refractivity contribution in [1.82, 2.24) is 4.90 Å². The number of hydrogen-bond acceptors (Lipinski definition) is 3. The molecule has 0 aliphatic heterocycles. The van der Waals surface area contributed by atoms with E-state index in [1.54, 1.807) is 24.3 Å². The molecule has 23 heavy (non-hydrogen) atoms. The van der Waals surface area contributed by atoms with Crippen LogP contribution in [-0.2, 0) is 11.3 Å². The molecule has 2 aromatic rings. The number of amides is 1. The molecule has 0 atom stereocenters. The molecule has 0 radical (unpaired) electrons. The number of carbonyl (C=O) groups excluding carboxylic acids is 2. The van der Waals surface area contributed by atoms with E-state index >= 15 is 0 Å². The van der Waals surface area contributed by atoms with Gasteiger partial charge in [0.1, 0.15) is 0 Å². The molecule has 0 saturated heterocycles. The molecule has 2 aromatic carbocycles. The molecule has 120 valence electrons. The highest BCUT2D eigenvalue weighted by atomic mass is 79.9. The van der Waals surface area contributed by atoms with E-state index in [-0.39, 0.29) is 18.2 Å². The van der Waals surface area contributed by atoms with Crippen LogP contribution >= 0.6 is 15.9 Å². The Bertz CT molecular complexity index is 716. The fraction of sp³-hybridized carbons (Fsp3) is 0.222. The van der Waals surface area contributed by atoms with Crippen molar-refractivity contribution in [1.29, 1.82) is 0 Å². The highest BCUT2D eigenvalue weighted by molar-refractivity contribution is 9.10. The van der Waals surface area contributed by atoms with Gasteiger partial charge < -0.3 is 5.32 Å². The Kier molecular flexibility index (Phi) is 6.07. The van der Waals surface area contributed by atoms with Crippen molar-refractivity contribution in [3.63, 3.8) is 0 Å². The van der Waals surface area contributed by atoms with Crippen LogP contribution in [-0.4, -0.2) is 30.2 Å². The van der Waals surface area contributed by atoms with Gasteiger partial charge in [0.15, 0.2) is 5.78 Å². The summed E-state index contributed by atoms with van der Waals surface area (Å²) in [5.74, 6) is -0.132. The second-order valence-electron chi connectivity index (χ2n) is 5.45. The molecule has 5 heteroatoms. The van der Waals surface area contributed by atoms with Crippen LogP contribution in [0.5, 0.6) is 0 Å². The first-order valence-corrected chi connectivity index (χ1v) is 8.08. The van der Waals surface area contributed by atoms with Crippen molar-refractivity contribution in [3.05, 3.63) is 64.1 Å². The lowest BCUT2D eigenvalue weighted by Gasteiger charge is -2.17. The van der Waals surface area contributed by atoms with E-state index in [0.717, 1.165) is 10.0 Å². The quantitative estimate of drug-likeness (QED) is 0.783. The van der Waals surface area contributed by atoms with E-state index in [2.05, 4.69) is 21.2 Å². The lowest BCUT2D eigenvalue weighted by Crippen LogP contribution is -2.30. The van der Waals surface area contributed by atoms with E-state index in [0.29, 0.717) is 17.8 Å². The number of carbonyl (C=O) groups is 2. The van der Waals surface area contributed by atoms with Crippen molar-refractivity contribution in [2.24, 2.45) is 0 Å². The summed E-state index contributed by atoms with van der Waals surface area (Å²) in [6.07, 6.45) is 0. The zero-order valence-corrected chi connectivity index (χ0v) is 14.8. The molecule has 0 fully saturated rings. The Morgan fingerprint density at radius 1 is 1.13 bits per heavy atom. The van der Waals surface area contributed by atoms with Gasteiger partial charge in [-0.3, -0.25) is 14.5 Å². The van der Waals surface area contributed by atoms with Gasteiger partial charge in [0, 0.05) is 22.3 Å². The number of nitrogens with one attached hydrogen (secondary N) is 1. The molecule has 1 amide bonds. The molecule has 0 aliphatic rings. The number of halogens is 1. The van der Waals surface area contributed by atoms with Crippen molar-refractivity contribution < 1.29 is 9.59 Å². The Hall–Kier alpha value is -1.98. The number of anilines is 1. The van der Waals surface area contributed by atoms with Crippen molar-refractivity contribution in [2.75, 3.05) is 18.9 Å². The van der Waals surface area contributed by atoms with E-state index < -0.39 is 0 Å². The predicted molar refractivity (Wildman–Crippen MR) is 95.6 cm³/mol. The smallest absolute Gasteiger partial charge is 0.238 e. The topological polar surface area (TPSA) is 49.4 Å². The first-order valence-electron chi connectivity index (χ1n) is 7.28. The van der Waals surface area contributed by atoms with Crippen LogP contribution in [0.15, 0.2) is 53.0 Å². The number of hydrogen-bond donors (Lipinski definition) is 1. The third kappa shape index (κ3) is 5.30. The van der Waals surface area contributed by atoms with Crippen molar-refractivity contribution in [3.8, 4) is 0 Å². The zero-order valence-electron chi connectivity index (χ0n) is 13.2. The number of ketones is 1. The third-order valence-electron chi connectivity index (χ3n) is 3.36. The monoisotopic (exact) mass is 374 g/mol. The van der Waals surface area contributed by atoms with E-state index in [4.69, 9.17) is 0 Å². The molecule has 0 bridgehead atoms. The molecule has 0 heterocycles. The highest BCUT2D eigenvalue weighted by Crippen LogP contribution is 2.17. The van der Waals surface area contributed by atoms with Gasteiger partial charge in [-0.05, 0) is 37.7 Å². The Morgan fingerprint density at radius 3 is 2.57 bits per heavy atom. The zero-order chi connectivity index (χ0) is 16.8. The van der Waals surface area contributed by atoms with Gasteiger partial charge in [0.25, 0.3) is 0 Å². The minimum atomic E-state index is -0.111. The Morgan fingerprint density at radius 2 is 1.87 bits per heavy atom. The molecule has 1 N–H and O–H groups in total. The summed E-state index contributed by atoms with van der Waals surface area (Å²) >= 11 is 3.51. The van der Waals surface area contributed by atoms with Gasteiger partial charge >= 0.3 is 0 Å². The second-order valence-corrected chi connectivity index (χ2v) is 6.30. The summed E-state index contributed by atoms with van der Waals surface area (Å²) in [5, 5.41) is 2.82. The van der Waals surface area contributed by atoms with E-state index in [1.165, 1.54) is 6.92 Å². The Labute approximate surface area is 144 Å². The van der Waals surface area contributed by atoms with Crippen LogP contribution in [0.3, 0.4) is 0 Å². The average molecular weight is 375 g/mol. The van der Waals surface area contributed by atoms with Gasteiger partial charge in [-0.15, -0.1) is 0 Å². The number of Topliss-reactive ketones (excluding diaryl/α,β-unsaturated/α-hetero) is 1. The maximum atomic E-state index is 12.1. The summed E-state index contributed by atoms with van der Waals surface area (Å²) in [6.45, 7) is 2.44. The van der Waals surface area contributed by atoms with Gasteiger partial charge in [-0.1, -0.05) is 46.3 Å². The standard InChI is InChI=1S/C18H19BrN2O2/c1-13(22)14-7-5-8-16(10-14)20-18(23)12-21(2)11-15-6-3-4-9-17(15)19/h3-10H,11-12H2,1-2H3,(H,20,23). The van der Waals surface area contributed by atoms with Gasteiger partial charge in [0.2, 0.25) is 5.91 Å². The minimum Gasteiger partial charge on any atom is -0.325 e. The normalized spacial score (nSPS) is 10.6. The first kappa shape index (κ1) is 17.4. The number of benzene rings is 2. The van der Waals surface area contributed by atoms with Crippen LogP contribution < -0.4 is 5.32 Å². The largest absolute Gasteiger partial charge is 0.325 e. The molecular formula is C18H19BrN2O2. The number of nitrogens with zero attached hydrogens (tertiary/aromatic N) is 1. The fourth-order valence-corrected chi connectivity index (χ4v) is 2.65. The maximum absolute atomic E-state index is 12.1. The average Bonchev–Trinajstić information content (AvgIpc) is 2.49. The molecule has 2 rings (SSSR count). The van der Waals surface area contributed by atoms with Gasteiger partial charge in [-0.25, -0.2) is 0 Å². The first-order chi connectivity index (χ1) is 11.0. The lowest BCUT2D eigenvalue weighted by atomic mass is 10.1. The highest BCUT2D eigenvalue weighted by Gasteiger charge is 2.10. The van der Waals surface area contributed by atoms with Crippen LogP contribution in [0.1, 0.15) is 22.8 Å². The minimum absolute atomic E-state index is 0.0212. The van der Waals surface area contributed by atoms with Gasteiger partial charge in [0.05, 0.1) is 6.54 Å². The predicted octanol–water partition coefficient (Wildman–Crippen LogP) is 3.72. The summed E-state index contributed by atoms with van der Waals surface area (Å²) in [6, 6.07) is 14.9. The molecule has 0 aliphatic carbocycles. The van der Waals surface area contributed by atoms with Crippen LogP contribution in [0, 0.1) is 0 Å². The van der Waals surface area contributed by atoms with Crippen LogP contribution in [0.2, 0.25) is 0 Å². The van der Waals surface area contributed by atoms with E-state index in [9.17, 15) is 9.59 Å². The van der Waals surface area contributed by atoms with Crippen LogP contribution in [0.4, 0.5) is 5.69 Å². The molecule has 0 aromatic heterocycles. The SMILES string of the molecule is CC(=O)c1cccc(NC(=O)CN(C)Cc2ccccc2Br)c1. The molecule has 0 unspecified atom stereocenters. The van der Waals surface area contributed by atoms with Gasteiger partial charge in [-0.2, -0.15) is 0 Å². The number of rotatable bonds is 6. The van der Waals surface area contributed by atoms with E-state index in [1.807, 2.05) is 36.2 Å². The number of likely N-dealkylation sites (N-methyl/N-ethyl adjacent to an activating group) is 1. The maximum Gasteiger partial charge on any atom is 0.238 e. The lowest BCUT2D eigenvalue weighted by molar-refractivity contribution is -0.117. The summed E-state index contributed by atoms with van der Waals surface area (Å²) in [7, 11) is 1.89. The summed E-state index contributed by atoms with van der Waals surface area (Å²) in [5.41, 5.74) is 2.35. The third-order valence-corrected chi connectivity index (χ3v) is 4.14. The molecular weight excluding hydrogens is 356 g/mol. The van der Waals surface area contributed by atoms with Crippen molar-refractivity contribution >= 4 is 33.3 Å². The summed E-state index contributed by atoms with van der Waals surface area (Å²) in [4.78, 5) is 25.4. The van der Waals surface area contributed by atoms with Crippen LogP contribution in [0.25, 0.3) is 0 Å². The molecule has 4 nitrogen and oxygen atoms in total. The fourth-order valence-electron chi connectivity index (χ4n) is 2.23.